The van der Waals surface area contributed by atoms with Crippen LogP contribution in [0.1, 0.15) is 0 Å². The molecule has 0 fully saturated rings. The van der Waals surface area contributed by atoms with E-state index >= 15 is 0 Å². The molecule has 1 N–H and O–H groups in total. The molecule has 0 spiro atoms. The van der Waals surface area contributed by atoms with E-state index in [2.05, 4.69) is 0 Å². The minimum atomic E-state index is -2.85. The summed E-state index contributed by atoms with van der Waals surface area (Å²) in [5.74, 6) is -4.22. The van der Waals surface area contributed by atoms with Crippen LogP contribution in [0.5, 0.6) is 0 Å². The molecule has 0 aliphatic carbocycles. The zero-order chi connectivity index (χ0) is 9.30. The SMILES string of the molecule is O=S(O)c1c(F)ccc(F)c1F. The van der Waals surface area contributed by atoms with E-state index in [1.165, 1.54) is 0 Å². The maximum absolute atomic E-state index is 12.5. The van der Waals surface area contributed by atoms with Crippen LogP contribution in [0.3, 0.4) is 0 Å². The summed E-state index contributed by atoms with van der Waals surface area (Å²) >= 11 is -2.85. The lowest BCUT2D eigenvalue weighted by molar-refractivity contribution is 0.454. The highest BCUT2D eigenvalue weighted by molar-refractivity contribution is 7.79. The Hall–Kier alpha value is -0.880. The van der Waals surface area contributed by atoms with Crippen LogP contribution in [-0.4, -0.2) is 8.76 Å². The standard InChI is InChI=1S/C6H3F3O2S/c7-3-1-2-4(8)6(5(3)9)12(10)11/h1-2H,(H,10,11). The molecule has 0 amide bonds. The van der Waals surface area contributed by atoms with Crippen LogP contribution in [0.2, 0.25) is 0 Å². The smallest absolute Gasteiger partial charge is 0.192 e. The number of hydrogen-bond acceptors (Lipinski definition) is 1. The van der Waals surface area contributed by atoms with Gasteiger partial charge in [0.2, 0.25) is 0 Å². The van der Waals surface area contributed by atoms with Gasteiger partial charge in [0.25, 0.3) is 0 Å². The van der Waals surface area contributed by atoms with Crippen LogP contribution in [0.4, 0.5) is 13.2 Å². The second kappa shape index (κ2) is 3.24. The lowest BCUT2D eigenvalue weighted by Crippen LogP contribution is -2.00. The molecule has 2 nitrogen and oxygen atoms in total. The van der Waals surface area contributed by atoms with Crippen molar-refractivity contribution in [2.75, 3.05) is 0 Å². The molecular weight excluding hydrogens is 193 g/mol. The van der Waals surface area contributed by atoms with Gasteiger partial charge in [-0.3, -0.25) is 0 Å². The van der Waals surface area contributed by atoms with E-state index in [9.17, 15) is 17.4 Å². The van der Waals surface area contributed by atoms with Crippen LogP contribution >= 0.6 is 0 Å². The zero-order valence-corrected chi connectivity index (χ0v) is 6.37. The van der Waals surface area contributed by atoms with E-state index in [0.717, 1.165) is 0 Å². The van der Waals surface area contributed by atoms with Gasteiger partial charge in [0.1, 0.15) is 10.7 Å². The van der Waals surface area contributed by atoms with Crippen molar-refractivity contribution in [1.29, 1.82) is 0 Å². The van der Waals surface area contributed by atoms with Crippen molar-refractivity contribution in [2.24, 2.45) is 0 Å². The van der Waals surface area contributed by atoms with Crippen molar-refractivity contribution in [3.05, 3.63) is 29.6 Å². The van der Waals surface area contributed by atoms with Gasteiger partial charge >= 0.3 is 0 Å². The van der Waals surface area contributed by atoms with Crippen LogP contribution < -0.4 is 0 Å². The Balaban J connectivity index is 3.43. The summed E-state index contributed by atoms with van der Waals surface area (Å²) in [6.45, 7) is 0. The molecule has 0 saturated carbocycles. The number of rotatable bonds is 1. The Labute approximate surface area is 68.3 Å². The maximum atomic E-state index is 12.5. The van der Waals surface area contributed by atoms with Gasteiger partial charge < -0.3 is 4.55 Å². The molecule has 12 heavy (non-hydrogen) atoms. The van der Waals surface area contributed by atoms with Crippen LogP contribution in [-0.2, 0) is 11.1 Å². The van der Waals surface area contributed by atoms with E-state index in [4.69, 9.17) is 4.55 Å². The molecule has 0 aromatic heterocycles. The summed E-state index contributed by atoms with van der Waals surface area (Å²) < 4.78 is 56.0. The first kappa shape index (κ1) is 9.21. The van der Waals surface area contributed by atoms with E-state index in [1.807, 2.05) is 0 Å². The maximum Gasteiger partial charge on any atom is 0.192 e. The fourth-order valence-electron chi connectivity index (χ4n) is 0.669. The minimum absolute atomic E-state index is 0.543. The van der Waals surface area contributed by atoms with Gasteiger partial charge in [-0.15, -0.1) is 0 Å². The average molecular weight is 196 g/mol. The van der Waals surface area contributed by atoms with Gasteiger partial charge in [-0.2, -0.15) is 0 Å². The van der Waals surface area contributed by atoms with Crippen LogP contribution in [0.25, 0.3) is 0 Å². The highest BCUT2D eigenvalue weighted by Gasteiger charge is 2.17. The monoisotopic (exact) mass is 196 g/mol. The molecule has 0 bridgehead atoms. The summed E-state index contributed by atoms with van der Waals surface area (Å²) in [6, 6.07) is 1.13. The number of hydrogen-bond donors (Lipinski definition) is 1. The van der Waals surface area contributed by atoms with Gasteiger partial charge in [0.15, 0.2) is 22.7 Å². The normalized spacial score (nSPS) is 13.0. The second-order valence-electron chi connectivity index (χ2n) is 1.92. The molecule has 0 aliphatic rings. The molecule has 1 unspecified atom stereocenters. The molecule has 1 atom stereocenters. The molecule has 1 aromatic carbocycles. The fraction of sp³-hybridized carbons (Fsp3) is 0. The fourth-order valence-corrected chi connectivity index (χ4v) is 1.15. The average Bonchev–Trinajstić information content (AvgIpc) is 1.97. The Kier molecular flexibility index (Phi) is 2.49. The lowest BCUT2D eigenvalue weighted by atomic mass is 10.3. The third-order valence-corrected chi connectivity index (χ3v) is 1.90. The number of halogens is 3. The van der Waals surface area contributed by atoms with Crippen LogP contribution in [0.15, 0.2) is 17.0 Å². The molecule has 66 valence electrons. The minimum Gasteiger partial charge on any atom is -0.302 e. The topological polar surface area (TPSA) is 37.3 Å². The van der Waals surface area contributed by atoms with Crippen molar-refractivity contribution < 1.29 is 21.9 Å². The third kappa shape index (κ3) is 1.49. The summed E-state index contributed by atoms with van der Waals surface area (Å²) in [7, 11) is 0. The molecule has 1 aromatic rings. The highest BCUT2D eigenvalue weighted by atomic mass is 32.2. The molecule has 1 rings (SSSR count). The van der Waals surface area contributed by atoms with E-state index in [0.29, 0.717) is 12.1 Å². The van der Waals surface area contributed by atoms with Crippen molar-refractivity contribution in [2.45, 2.75) is 4.90 Å². The molecule has 0 radical (unpaired) electrons. The van der Waals surface area contributed by atoms with E-state index in [1.54, 1.807) is 0 Å². The Morgan fingerprint density at radius 3 is 2.08 bits per heavy atom. The van der Waals surface area contributed by atoms with Gasteiger partial charge in [-0.25, -0.2) is 17.4 Å². The molecule has 0 aliphatic heterocycles. The highest BCUT2D eigenvalue weighted by Crippen LogP contribution is 2.18. The van der Waals surface area contributed by atoms with Crippen molar-refractivity contribution >= 4 is 11.1 Å². The molecule has 6 heteroatoms. The van der Waals surface area contributed by atoms with Crippen molar-refractivity contribution in [3.63, 3.8) is 0 Å². The van der Waals surface area contributed by atoms with Gasteiger partial charge in [-0.05, 0) is 12.1 Å². The Morgan fingerprint density at radius 2 is 1.67 bits per heavy atom. The first-order valence-corrected chi connectivity index (χ1v) is 3.89. The predicted molar refractivity (Wildman–Crippen MR) is 35.4 cm³/mol. The zero-order valence-electron chi connectivity index (χ0n) is 5.55. The first-order chi connectivity index (χ1) is 5.54. The Morgan fingerprint density at radius 1 is 1.17 bits per heavy atom. The lowest BCUT2D eigenvalue weighted by Gasteiger charge is -1.99. The van der Waals surface area contributed by atoms with Crippen molar-refractivity contribution in [3.8, 4) is 0 Å². The molecular formula is C6H3F3O2S. The summed E-state index contributed by atoms with van der Waals surface area (Å²) in [5.41, 5.74) is 0. The van der Waals surface area contributed by atoms with E-state index in [-0.39, 0.29) is 0 Å². The summed E-state index contributed by atoms with van der Waals surface area (Å²) in [6.07, 6.45) is 0. The quantitative estimate of drug-likeness (QED) is 0.548. The van der Waals surface area contributed by atoms with Crippen LogP contribution in [0, 0.1) is 17.5 Å². The van der Waals surface area contributed by atoms with Crippen molar-refractivity contribution in [1.82, 2.24) is 0 Å². The van der Waals surface area contributed by atoms with Gasteiger partial charge in [0, 0.05) is 0 Å². The second-order valence-corrected chi connectivity index (χ2v) is 2.83. The largest absolute Gasteiger partial charge is 0.302 e. The van der Waals surface area contributed by atoms with Gasteiger partial charge in [-0.1, -0.05) is 0 Å². The first-order valence-electron chi connectivity index (χ1n) is 2.78. The molecule has 0 heterocycles. The van der Waals surface area contributed by atoms with Gasteiger partial charge in [0.05, 0.1) is 0 Å². The summed E-state index contributed by atoms with van der Waals surface area (Å²) in [5, 5.41) is 0. The third-order valence-electron chi connectivity index (χ3n) is 1.18. The molecule has 0 saturated heterocycles. The Bertz CT molecular complexity index is 340. The van der Waals surface area contributed by atoms with E-state index < -0.39 is 33.4 Å². The summed E-state index contributed by atoms with van der Waals surface area (Å²) in [4.78, 5) is -1.16. The number of benzene rings is 1. The predicted octanol–water partition coefficient (Wildman–Crippen LogP) is 1.68.